The SMILES string of the molecule is CCCn1ncnc1CB(O)O. The highest BCUT2D eigenvalue weighted by atomic mass is 16.4. The van der Waals surface area contributed by atoms with E-state index in [0.717, 1.165) is 13.0 Å². The predicted molar refractivity (Wildman–Crippen MR) is 44.2 cm³/mol. The smallest absolute Gasteiger partial charge is 0.427 e. The first kappa shape index (κ1) is 9.21. The van der Waals surface area contributed by atoms with Crippen LogP contribution in [0.3, 0.4) is 0 Å². The van der Waals surface area contributed by atoms with Gasteiger partial charge in [0, 0.05) is 12.9 Å². The molecule has 0 radical (unpaired) electrons. The first-order valence-corrected chi connectivity index (χ1v) is 3.97. The summed E-state index contributed by atoms with van der Waals surface area (Å²) in [7, 11) is -1.34. The van der Waals surface area contributed by atoms with Gasteiger partial charge in [0.15, 0.2) is 0 Å². The Bertz CT molecular complexity index is 238. The molecule has 0 saturated carbocycles. The van der Waals surface area contributed by atoms with Crippen molar-refractivity contribution >= 4 is 7.12 Å². The molecule has 66 valence electrons. The number of hydrogen-bond acceptors (Lipinski definition) is 4. The lowest BCUT2D eigenvalue weighted by molar-refractivity contribution is 0.400. The number of aromatic nitrogens is 3. The molecule has 0 aliphatic carbocycles. The van der Waals surface area contributed by atoms with E-state index >= 15 is 0 Å². The van der Waals surface area contributed by atoms with Crippen molar-refractivity contribution in [2.24, 2.45) is 0 Å². The number of hydrogen-bond donors (Lipinski definition) is 2. The minimum atomic E-state index is -1.34. The molecule has 0 unspecified atom stereocenters. The van der Waals surface area contributed by atoms with E-state index in [1.54, 1.807) is 4.68 Å². The van der Waals surface area contributed by atoms with Crippen LogP contribution in [0.4, 0.5) is 0 Å². The fourth-order valence-corrected chi connectivity index (χ4v) is 1.01. The molecule has 0 saturated heterocycles. The highest BCUT2D eigenvalue weighted by Gasteiger charge is 2.12. The van der Waals surface area contributed by atoms with Crippen LogP contribution < -0.4 is 0 Å². The second-order valence-electron chi connectivity index (χ2n) is 2.58. The summed E-state index contributed by atoms with van der Waals surface area (Å²) in [5.41, 5.74) is 0. The van der Waals surface area contributed by atoms with Crippen LogP contribution in [0.1, 0.15) is 19.2 Å². The van der Waals surface area contributed by atoms with Gasteiger partial charge in [0.2, 0.25) is 0 Å². The Morgan fingerprint density at radius 3 is 2.92 bits per heavy atom. The summed E-state index contributed by atoms with van der Waals surface area (Å²) in [6.07, 6.45) is 2.52. The van der Waals surface area contributed by atoms with Gasteiger partial charge in [0.05, 0.1) is 0 Å². The average molecular weight is 169 g/mol. The first-order chi connectivity index (χ1) is 5.74. The minimum absolute atomic E-state index is 0.139. The molecule has 1 heterocycles. The van der Waals surface area contributed by atoms with E-state index in [1.807, 2.05) is 6.92 Å². The molecule has 0 fully saturated rings. The van der Waals surface area contributed by atoms with Crippen LogP contribution in [0.5, 0.6) is 0 Å². The van der Waals surface area contributed by atoms with E-state index in [0.29, 0.717) is 5.82 Å². The Hall–Kier alpha value is -0.875. The zero-order chi connectivity index (χ0) is 8.97. The average Bonchev–Trinajstić information content (AvgIpc) is 2.37. The van der Waals surface area contributed by atoms with Gasteiger partial charge in [-0.3, -0.25) is 4.68 Å². The maximum atomic E-state index is 8.69. The van der Waals surface area contributed by atoms with Gasteiger partial charge in [0.25, 0.3) is 0 Å². The van der Waals surface area contributed by atoms with Gasteiger partial charge in [0.1, 0.15) is 12.2 Å². The van der Waals surface area contributed by atoms with Gasteiger partial charge in [-0.1, -0.05) is 6.92 Å². The molecule has 0 aliphatic rings. The van der Waals surface area contributed by atoms with Crippen molar-refractivity contribution in [2.45, 2.75) is 26.2 Å². The Labute approximate surface area is 71.2 Å². The molecular weight excluding hydrogens is 157 g/mol. The van der Waals surface area contributed by atoms with E-state index in [2.05, 4.69) is 10.1 Å². The van der Waals surface area contributed by atoms with E-state index in [9.17, 15) is 0 Å². The topological polar surface area (TPSA) is 71.2 Å². The van der Waals surface area contributed by atoms with Crippen molar-refractivity contribution in [3.05, 3.63) is 12.2 Å². The van der Waals surface area contributed by atoms with Gasteiger partial charge in [-0.2, -0.15) is 5.10 Å². The number of nitrogens with zero attached hydrogens (tertiary/aromatic N) is 3. The third-order valence-electron chi connectivity index (χ3n) is 1.50. The second-order valence-corrected chi connectivity index (χ2v) is 2.58. The van der Waals surface area contributed by atoms with Crippen LogP contribution >= 0.6 is 0 Å². The summed E-state index contributed by atoms with van der Waals surface area (Å²) in [6, 6.07) is 0. The molecule has 12 heavy (non-hydrogen) atoms. The molecule has 0 amide bonds. The normalized spacial score (nSPS) is 10.2. The zero-order valence-electron chi connectivity index (χ0n) is 7.01. The summed E-state index contributed by atoms with van der Waals surface area (Å²) in [5, 5.41) is 21.3. The number of aryl methyl sites for hydroxylation is 1. The van der Waals surface area contributed by atoms with Gasteiger partial charge < -0.3 is 10.0 Å². The molecule has 1 aromatic heterocycles. The maximum absolute atomic E-state index is 8.69. The largest absolute Gasteiger partial charge is 0.459 e. The molecule has 2 N–H and O–H groups in total. The Morgan fingerprint density at radius 1 is 1.58 bits per heavy atom. The molecule has 0 spiro atoms. The van der Waals surface area contributed by atoms with E-state index < -0.39 is 7.12 Å². The molecular formula is C6H12BN3O2. The van der Waals surface area contributed by atoms with Crippen LogP contribution in [-0.2, 0) is 12.9 Å². The predicted octanol–water partition coefficient (Wildman–Crippen LogP) is -0.757. The van der Waals surface area contributed by atoms with Crippen LogP contribution in [-0.4, -0.2) is 31.9 Å². The van der Waals surface area contributed by atoms with Crippen molar-refractivity contribution < 1.29 is 10.0 Å². The van der Waals surface area contributed by atoms with Crippen molar-refractivity contribution in [3.63, 3.8) is 0 Å². The van der Waals surface area contributed by atoms with Crippen molar-refractivity contribution in [1.82, 2.24) is 14.8 Å². The van der Waals surface area contributed by atoms with Crippen molar-refractivity contribution in [2.75, 3.05) is 0 Å². The molecule has 1 aromatic rings. The molecule has 1 rings (SSSR count). The fraction of sp³-hybridized carbons (Fsp3) is 0.667. The quantitative estimate of drug-likeness (QED) is 0.581. The summed E-state index contributed by atoms with van der Waals surface area (Å²) >= 11 is 0. The Balaban J connectivity index is 2.63. The van der Waals surface area contributed by atoms with Gasteiger partial charge in [-0.25, -0.2) is 4.98 Å². The third-order valence-corrected chi connectivity index (χ3v) is 1.50. The van der Waals surface area contributed by atoms with Crippen LogP contribution in [0.15, 0.2) is 6.33 Å². The van der Waals surface area contributed by atoms with E-state index in [-0.39, 0.29) is 6.32 Å². The molecule has 0 aliphatic heterocycles. The lowest BCUT2D eigenvalue weighted by Gasteiger charge is -2.02. The van der Waals surface area contributed by atoms with Crippen LogP contribution in [0.2, 0.25) is 0 Å². The Morgan fingerprint density at radius 2 is 2.33 bits per heavy atom. The standard InChI is InChI=1S/C6H12BN3O2/c1-2-3-10-6(4-7(11)12)8-5-9-10/h5,11-12H,2-4H2,1H3. The summed E-state index contributed by atoms with van der Waals surface area (Å²) in [5.74, 6) is 0.617. The van der Waals surface area contributed by atoms with E-state index in [4.69, 9.17) is 10.0 Å². The number of rotatable bonds is 4. The summed E-state index contributed by atoms with van der Waals surface area (Å²) < 4.78 is 1.68. The third kappa shape index (κ3) is 2.32. The highest BCUT2D eigenvalue weighted by Crippen LogP contribution is 1.97. The van der Waals surface area contributed by atoms with Crippen LogP contribution in [0.25, 0.3) is 0 Å². The first-order valence-electron chi connectivity index (χ1n) is 3.97. The second kappa shape index (κ2) is 4.23. The summed E-state index contributed by atoms with van der Waals surface area (Å²) in [4.78, 5) is 3.91. The molecule has 6 heteroatoms. The van der Waals surface area contributed by atoms with Crippen molar-refractivity contribution in [3.8, 4) is 0 Å². The zero-order valence-corrected chi connectivity index (χ0v) is 7.01. The lowest BCUT2D eigenvalue weighted by Crippen LogP contribution is -2.19. The van der Waals surface area contributed by atoms with Crippen molar-refractivity contribution in [1.29, 1.82) is 0 Å². The fourth-order valence-electron chi connectivity index (χ4n) is 1.01. The minimum Gasteiger partial charge on any atom is -0.427 e. The molecule has 0 atom stereocenters. The molecule has 0 aromatic carbocycles. The maximum Gasteiger partial charge on any atom is 0.459 e. The van der Waals surface area contributed by atoms with E-state index in [1.165, 1.54) is 6.33 Å². The van der Waals surface area contributed by atoms with Gasteiger partial charge >= 0.3 is 7.12 Å². The van der Waals surface area contributed by atoms with Crippen LogP contribution in [0, 0.1) is 0 Å². The Kier molecular flexibility index (Phi) is 3.24. The molecule has 5 nitrogen and oxygen atoms in total. The molecule has 0 bridgehead atoms. The lowest BCUT2D eigenvalue weighted by atomic mass is 9.86. The summed E-state index contributed by atoms with van der Waals surface area (Å²) in [6.45, 7) is 2.79. The monoisotopic (exact) mass is 169 g/mol. The van der Waals surface area contributed by atoms with Gasteiger partial charge in [-0.15, -0.1) is 0 Å². The highest BCUT2D eigenvalue weighted by molar-refractivity contribution is 6.40. The van der Waals surface area contributed by atoms with Gasteiger partial charge in [-0.05, 0) is 6.42 Å².